The molecule has 0 spiro atoms. The zero-order chi connectivity index (χ0) is 21.4. The van der Waals surface area contributed by atoms with Crippen LogP contribution in [0, 0.1) is 6.92 Å². The van der Waals surface area contributed by atoms with E-state index in [1.807, 2.05) is 38.1 Å². The van der Waals surface area contributed by atoms with Crippen LogP contribution in [0.3, 0.4) is 0 Å². The minimum Gasteiger partial charge on any atom is -0.372 e. The van der Waals surface area contributed by atoms with E-state index in [0.717, 1.165) is 36.6 Å². The van der Waals surface area contributed by atoms with Crippen LogP contribution in [0.5, 0.6) is 0 Å². The van der Waals surface area contributed by atoms with Crippen LogP contribution in [-0.4, -0.2) is 57.0 Å². The van der Waals surface area contributed by atoms with Crippen LogP contribution in [0.25, 0.3) is 0 Å². The molecule has 0 aliphatic rings. The maximum Gasteiger partial charge on any atom is 0.255 e. The summed E-state index contributed by atoms with van der Waals surface area (Å²) >= 11 is 0. The van der Waals surface area contributed by atoms with Gasteiger partial charge >= 0.3 is 0 Å². The lowest BCUT2D eigenvalue weighted by Gasteiger charge is -2.22. The van der Waals surface area contributed by atoms with E-state index in [1.54, 1.807) is 24.3 Å². The van der Waals surface area contributed by atoms with Crippen molar-refractivity contribution >= 4 is 23.2 Å². The molecule has 0 aromatic heterocycles. The summed E-state index contributed by atoms with van der Waals surface area (Å²) in [4.78, 5) is 29.3. The fraction of sp³-hybridized carbons (Fsp3) is 0.391. The Balaban J connectivity index is 2.08. The highest BCUT2D eigenvalue weighted by Crippen LogP contribution is 2.23. The summed E-state index contributed by atoms with van der Waals surface area (Å²) in [5.74, 6) is -0.409. The molecule has 2 aromatic carbocycles. The maximum atomic E-state index is 12.7. The zero-order valence-electron chi connectivity index (χ0n) is 18.1. The Kier molecular flexibility index (Phi) is 8.21. The molecule has 0 fully saturated rings. The minimum absolute atomic E-state index is 0.179. The molecule has 2 amide bonds. The molecule has 0 atom stereocenters. The SMILES string of the molecule is CCN(CC)c1ccc(NC(=O)c2cccc(C(=O)NCCN(C)C)c2)c(C)c1. The summed E-state index contributed by atoms with van der Waals surface area (Å²) < 4.78 is 0. The summed E-state index contributed by atoms with van der Waals surface area (Å²) in [6.07, 6.45) is 0. The van der Waals surface area contributed by atoms with Crippen molar-refractivity contribution < 1.29 is 9.59 Å². The van der Waals surface area contributed by atoms with E-state index < -0.39 is 0 Å². The number of carbonyl (C=O) groups excluding carboxylic acids is 2. The van der Waals surface area contributed by atoms with E-state index in [-0.39, 0.29) is 11.8 Å². The monoisotopic (exact) mass is 396 g/mol. The molecule has 6 heteroatoms. The number of hydrogen-bond acceptors (Lipinski definition) is 4. The molecule has 0 saturated carbocycles. The second-order valence-electron chi connectivity index (χ2n) is 7.27. The van der Waals surface area contributed by atoms with E-state index in [9.17, 15) is 9.59 Å². The number of rotatable bonds is 9. The van der Waals surface area contributed by atoms with E-state index in [1.165, 1.54) is 0 Å². The van der Waals surface area contributed by atoms with Gasteiger partial charge in [-0.05, 0) is 76.8 Å². The smallest absolute Gasteiger partial charge is 0.255 e. The fourth-order valence-corrected chi connectivity index (χ4v) is 3.06. The first-order valence-corrected chi connectivity index (χ1v) is 10.1. The van der Waals surface area contributed by atoms with E-state index in [4.69, 9.17) is 0 Å². The average molecular weight is 397 g/mol. The Morgan fingerprint density at radius 3 is 2.17 bits per heavy atom. The van der Waals surface area contributed by atoms with Crippen molar-refractivity contribution in [1.82, 2.24) is 10.2 Å². The molecule has 2 N–H and O–H groups in total. The number of likely N-dealkylation sites (N-methyl/N-ethyl adjacent to an activating group) is 1. The Labute approximate surface area is 173 Å². The molecule has 0 aliphatic carbocycles. The molecule has 0 radical (unpaired) electrons. The van der Waals surface area contributed by atoms with E-state index in [0.29, 0.717) is 17.7 Å². The normalized spacial score (nSPS) is 10.7. The minimum atomic E-state index is -0.230. The molecular weight excluding hydrogens is 364 g/mol. The van der Waals surface area contributed by atoms with Crippen molar-refractivity contribution in [2.24, 2.45) is 0 Å². The predicted octanol–water partition coefficient (Wildman–Crippen LogP) is 3.38. The highest BCUT2D eigenvalue weighted by Gasteiger charge is 2.12. The van der Waals surface area contributed by atoms with Gasteiger partial charge < -0.3 is 20.4 Å². The molecule has 0 bridgehead atoms. The number of hydrogen-bond donors (Lipinski definition) is 2. The fourth-order valence-electron chi connectivity index (χ4n) is 3.06. The first-order valence-electron chi connectivity index (χ1n) is 10.1. The molecule has 2 rings (SSSR count). The van der Waals surface area contributed by atoms with Crippen LogP contribution in [0.4, 0.5) is 11.4 Å². The van der Waals surface area contributed by atoms with Gasteiger partial charge in [-0.3, -0.25) is 9.59 Å². The third-order valence-electron chi connectivity index (χ3n) is 4.82. The van der Waals surface area contributed by atoms with Gasteiger partial charge in [0, 0.05) is 48.7 Å². The van der Waals surface area contributed by atoms with Gasteiger partial charge in [0.2, 0.25) is 0 Å². The quantitative estimate of drug-likeness (QED) is 0.682. The highest BCUT2D eigenvalue weighted by atomic mass is 16.2. The second-order valence-corrected chi connectivity index (χ2v) is 7.27. The number of nitrogens with one attached hydrogen (secondary N) is 2. The topological polar surface area (TPSA) is 64.7 Å². The number of benzene rings is 2. The van der Waals surface area contributed by atoms with Gasteiger partial charge in [-0.2, -0.15) is 0 Å². The van der Waals surface area contributed by atoms with E-state index >= 15 is 0 Å². The van der Waals surface area contributed by atoms with Gasteiger partial charge in [-0.15, -0.1) is 0 Å². The number of amides is 2. The van der Waals surface area contributed by atoms with Crippen LogP contribution in [0.2, 0.25) is 0 Å². The van der Waals surface area contributed by atoms with Gasteiger partial charge in [0.25, 0.3) is 11.8 Å². The number of nitrogens with zero attached hydrogens (tertiary/aromatic N) is 2. The molecule has 0 saturated heterocycles. The standard InChI is InChI=1S/C23H32N4O2/c1-6-27(7-2)20-11-12-21(17(3)15-20)25-23(29)19-10-8-9-18(16-19)22(28)24-13-14-26(4)5/h8-12,15-16H,6-7,13-14H2,1-5H3,(H,24,28)(H,25,29). The lowest BCUT2D eigenvalue weighted by atomic mass is 10.1. The van der Waals surface area contributed by atoms with Crippen LogP contribution in [-0.2, 0) is 0 Å². The molecular formula is C23H32N4O2. The van der Waals surface area contributed by atoms with Gasteiger partial charge in [-0.1, -0.05) is 6.07 Å². The van der Waals surface area contributed by atoms with Crippen LogP contribution < -0.4 is 15.5 Å². The summed E-state index contributed by atoms with van der Waals surface area (Å²) in [7, 11) is 3.90. The third-order valence-corrected chi connectivity index (χ3v) is 4.82. The van der Waals surface area contributed by atoms with Crippen molar-refractivity contribution in [3.63, 3.8) is 0 Å². The Bertz CT molecular complexity index is 845. The van der Waals surface area contributed by atoms with Gasteiger partial charge in [-0.25, -0.2) is 0 Å². The maximum absolute atomic E-state index is 12.7. The average Bonchev–Trinajstić information content (AvgIpc) is 2.70. The number of aryl methyl sites for hydroxylation is 1. The van der Waals surface area contributed by atoms with Crippen molar-refractivity contribution in [3.05, 3.63) is 59.2 Å². The predicted molar refractivity (Wildman–Crippen MR) is 120 cm³/mol. The molecule has 0 aliphatic heterocycles. The summed E-state index contributed by atoms with van der Waals surface area (Å²) in [5.41, 5.74) is 3.84. The molecule has 0 unspecified atom stereocenters. The van der Waals surface area contributed by atoms with Crippen LogP contribution >= 0.6 is 0 Å². The summed E-state index contributed by atoms with van der Waals surface area (Å²) in [6, 6.07) is 12.8. The van der Waals surface area contributed by atoms with Crippen molar-refractivity contribution in [2.75, 3.05) is 50.5 Å². The summed E-state index contributed by atoms with van der Waals surface area (Å²) in [5, 5.41) is 5.82. The molecule has 6 nitrogen and oxygen atoms in total. The van der Waals surface area contributed by atoms with Crippen molar-refractivity contribution in [3.8, 4) is 0 Å². The Morgan fingerprint density at radius 1 is 0.931 bits per heavy atom. The van der Waals surface area contributed by atoms with Crippen LogP contribution in [0.1, 0.15) is 40.1 Å². The first kappa shape index (κ1) is 22.4. The van der Waals surface area contributed by atoms with E-state index in [2.05, 4.69) is 35.4 Å². The zero-order valence-corrected chi connectivity index (χ0v) is 18.1. The lowest BCUT2D eigenvalue weighted by Crippen LogP contribution is -2.31. The lowest BCUT2D eigenvalue weighted by molar-refractivity contribution is 0.0951. The largest absolute Gasteiger partial charge is 0.372 e. The van der Waals surface area contributed by atoms with Crippen molar-refractivity contribution in [1.29, 1.82) is 0 Å². The van der Waals surface area contributed by atoms with Gasteiger partial charge in [0.1, 0.15) is 0 Å². The van der Waals surface area contributed by atoms with Crippen LogP contribution in [0.15, 0.2) is 42.5 Å². The van der Waals surface area contributed by atoms with Gasteiger partial charge in [0.05, 0.1) is 0 Å². The first-order chi connectivity index (χ1) is 13.8. The molecule has 156 valence electrons. The van der Waals surface area contributed by atoms with Crippen molar-refractivity contribution in [2.45, 2.75) is 20.8 Å². The molecule has 2 aromatic rings. The Hall–Kier alpha value is -2.86. The third kappa shape index (κ3) is 6.32. The Morgan fingerprint density at radius 2 is 1.59 bits per heavy atom. The second kappa shape index (κ2) is 10.6. The summed E-state index contributed by atoms with van der Waals surface area (Å²) in [6.45, 7) is 9.42. The molecule has 29 heavy (non-hydrogen) atoms. The number of anilines is 2. The highest BCUT2D eigenvalue weighted by molar-refractivity contribution is 6.06. The molecule has 0 heterocycles. The number of carbonyl (C=O) groups is 2. The van der Waals surface area contributed by atoms with Gasteiger partial charge in [0.15, 0.2) is 0 Å².